The standard InChI is InChI=1S/C16H22N2O2/c1-3-4-9-18-11-13(10-15(18)19)16(20)17-14-8-6-5-7-12(14)2/h5-8,13H,3-4,9-11H2,1-2H3,(H,17,20). The van der Waals surface area contributed by atoms with Crippen LogP contribution >= 0.6 is 0 Å². The number of aryl methyl sites for hydroxylation is 1. The molecule has 108 valence electrons. The molecule has 2 amide bonds. The Morgan fingerprint density at radius 3 is 2.85 bits per heavy atom. The summed E-state index contributed by atoms with van der Waals surface area (Å²) in [6, 6.07) is 7.69. The maximum Gasteiger partial charge on any atom is 0.229 e. The molecule has 0 radical (unpaired) electrons. The number of anilines is 1. The first kappa shape index (κ1) is 14.6. The normalized spacial score (nSPS) is 18.4. The van der Waals surface area contributed by atoms with Crippen LogP contribution in [-0.2, 0) is 9.59 Å². The number of hydrogen-bond acceptors (Lipinski definition) is 2. The van der Waals surface area contributed by atoms with Crippen LogP contribution in [0.15, 0.2) is 24.3 Å². The number of benzene rings is 1. The second kappa shape index (κ2) is 6.55. The van der Waals surface area contributed by atoms with E-state index in [4.69, 9.17) is 0 Å². The van der Waals surface area contributed by atoms with Gasteiger partial charge in [-0.15, -0.1) is 0 Å². The minimum Gasteiger partial charge on any atom is -0.342 e. The zero-order valence-corrected chi connectivity index (χ0v) is 12.2. The molecule has 0 aromatic heterocycles. The molecule has 1 aliphatic rings. The van der Waals surface area contributed by atoms with Crippen molar-refractivity contribution in [2.75, 3.05) is 18.4 Å². The van der Waals surface area contributed by atoms with Crippen LogP contribution in [0.5, 0.6) is 0 Å². The molecule has 1 aromatic carbocycles. The summed E-state index contributed by atoms with van der Waals surface area (Å²) in [5.41, 5.74) is 1.87. The summed E-state index contributed by atoms with van der Waals surface area (Å²) in [6.07, 6.45) is 2.39. The van der Waals surface area contributed by atoms with E-state index in [0.717, 1.165) is 30.6 Å². The van der Waals surface area contributed by atoms with Gasteiger partial charge in [0.1, 0.15) is 0 Å². The lowest BCUT2D eigenvalue weighted by Gasteiger charge is -2.16. The van der Waals surface area contributed by atoms with E-state index in [1.54, 1.807) is 0 Å². The highest BCUT2D eigenvalue weighted by Gasteiger charge is 2.33. The largest absolute Gasteiger partial charge is 0.342 e. The fraction of sp³-hybridized carbons (Fsp3) is 0.500. The molecule has 1 unspecified atom stereocenters. The number of hydrogen-bond donors (Lipinski definition) is 1. The average Bonchev–Trinajstić information content (AvgIpc) is 2.80. The molecular formula is C16H22N2O2. The van der Waals surface area contributed by atoms with E-state index in [0.29, 0.717) is 13.0 Å². The zero-order valence-electron chi connectivity index (χ0n) is 12.2. The van der Waals surface area contributed by atoms with Crippen molar-refractivity contribution in [2.45, 2.75) is 33.1 Å². The Balaban J connectivity index is 1.94. The summed E-state index contributed by atoms with van der Waals surface area (Å²) in [5.74, 6) is -0.172. The number of nitrogens with one attached hydrogen (secondary N) is 1. The predicted molar refractivity (Wildman–Crippen MR) is 79.4 cm³/mol. The molecule has 4 nitrogen and oxygen atoms in total. The first-order chi connectivity index (χ1) is 9.61. The Bertz CT molecular complexity index is 499. The first-order valence-electron chi connectivity index (χ1n) is 7.26. The monoisotopic (exact) mass is 274 g/mol. The lowest BCUT2D eigenvalue weighted by Crippen LogP contribution is -2.29. The van der Waals surface area contributed by atoms with Crippen molar-refractivity contribution in [2.24, 2.45) is 5.92 Å². The molecule has 1 heterocycles. The van der Waals surface area contributed by atoms with Gasteiger partial charge in [-0.25, -0.2) is 0 Å². The minimum absolute atomic E-state index is 0.0494. The van der Waals surface area contributed by atoms with Crippen LogP contribution in [0.4, 0.5) is 5.69 Å². The summed E-state index contributed by atoms with van der Waals surface area (Å²) < 4.78 is 0. The van der Waals surface area contributed by atoms with Crippen LogP contribution in [0.25, 0.3) is 0 Å². The second-order valence-electron chi connectivity index (χ2n) is 5.40. The topological polar surface area (TPSA) is 49.4 Å². The Hall–Kier alpha value is -1.84. The number of likely N-dealkylation sites (tertiary alicyclic amines) is 1. The fourth-order valence-corrected chi connectivity index (χ4v) is 2.46. The molecule has 1 fully saturated rings. The summed E-state index contributed by atoms with van der Waals surface area (Å²) in [7, 11) is 0. The van der Waals surface area contributed by atoms with Crippen LogP contribution < -0.4 is 5.32 Å². The third kappa shape index (κ3) is 3.38. The lowest BCUT2D eigenvalue weighted by molar-refractivity contribution is -0.128. The Labute approximate surface area is 120 Å². The van der Waals surface area contributed by atoms with Gasteiger partial charge in [-0.3, -0.25) is 9.59 Å². The second-order valence-corrected chi connectivity index (χ2v) is 5.40. The van der Waals surface area contributed by atoms with E-state index < -0.39 is 0 Å². The van der Waals surface area contributed by atoms with Gasteiger partial charge in [0.25, 0.3) is 0 Å². The van der Waals surface area contributed by atoms with Crippen molar-refractivity contribution in [3.8, 4) is 0 Å². The van der Waals surface area contributed by atoms with Crippen molar-refractivity contribution in [1.29, 1.82) is 0 Å². The van der Waals surface area contributed by atoms with Crippen molar-refractivity contribution >= 4 is 17.5 Å². The van der Waals surface area contributed by atoms with E-state index in [2.05, 4.69) is 12.2 Å². The van der Waals surface area contributed by atoms with Crippen molar-refractivity contribution in [3.63, 3.8) is 0 Å². The lowest BCUT2D eigenvalue weighted by atomic mass is 10.1. The predicted octanol–water partition coefficient (Wildman–Crippen LogP) is 2.58. The molecular weight excluding hydrogens is 252 g/mol. The molecule has 1 aromatic rings. The van der Waals surface area contributed by atoms with Crippen LogP contribution in [0.3, 0.4) is 0 Å². The van der Waals surface area contributed by atoms with Gasteiger partial charge < -0.3 is 10.2 Å². The van der Waals surface area contributed by atoms with Gasteiger partial charge in [0.15, 0.2) is 0 Å². The van der Waals surface area contributed by atoms with Gasteiger partial charge >= 0.3 is 0 Å². The molecule has 20 heavy (non-hydrogen) atoms. The first-order valence-corrected chi connectivity index (χ1v) is 7.26. The molecule has 1 saturated heterocycles. The fourth-order valence-electron chi connectivity index (χ4n) is 2.46. The minimum atomic E-state index is -0.223. The summed E-state index contributed by atoms with van der Waals surface area (Å²) in [4.78, 5) is 25.9. The number of carbonyl (C=O) groups excluding carboxylic acids is 2. The number of amides is 2. The molecule has 4 heteroatoms. The molecule has 0 bridgehead atoms. The van der Waals surface area contributed by atoms with Crippen LogP contribution in [0.2, 0.25) is 0 Å². The van der Waals surface area contributed by atoms with Crippen molar-refractivity contribution < 1.29 is 9.59 Å². The quantitative estimate of drug-likeness (QED) is 0.897. The van der Waals surface area contributed by atoms with E-state index >= 15 is 0 Å². The summed E-state index contributed by atoms with van der Waals surface area (Å²) in [6.45, 7) is 5.38. The third-order valence-corrected chi connectivity index (χ3v) is 3.77. The van der Waals surface area contributed by atoms with Gasteiger partial charge in [0.2, 0.25) is 11.8 Å². The summed E-state index contributed by atoms with van der Waals surface area (Å²) in [5, 5.41) is 2.93. The molecule has 1 aliphatic heterocycles. The Morgan fingerprint density at radius 2 is 2.15 bits per heavy atom. The van der Waals surface area contributed by atoms with Gasteiger partial charge in [-0.1, -0.05) is 31.5 Å². The Morgan fingerprint density at radius 1 is 1.40 bits per heavy atom. The number of nitrogens with zero attached hydrogens (tertiary/aromatic N) is 1. The molecule has 2 rings (SSSR count). The number of carbonyl (C=O) groups is 2. The van der Waals surface area contributed by atoms with Crippen molar-refractivity contribution in [1.82, 2.24) is 4.90 Å². The van der Waals surface area contributed by atoms with Crippen LogP contribution in [0.1, 0.15) is 31.7 Å². The van der Waals surface area contributed by atoms with Gasteiger partial charge in [0.05, 0.1) is 5.92 Å². The molecule has 1 N–H and O–H groups in total. The number of para-hydroxylation sites is 1. The van der Waals surface area contributed by atoms with E-state index in [9.17, 15) is 9.59 Å². The van der Waals surface area contributed by atoms with Gasteiger partial charge in [-0.05, 0) is 25.0 Å². The number of unbranched alkanes of at least 4 members (excludes halogenated alkanes) is 1. The molecule has 0 spiro atoms. The number of rotatable bonds is 5. The van der Waals surface area contributed by atoms with E-state index in [1.165, 1.54) is 0 Å². The Kier molecular flexibility index (Phi) is 4.77. The molecule has 1 atom stereocenters. The smallest absolute Gasteiger partial charge is 0.229 e. The highest BCUT2D eigenvalue weighted by atomic mass is 16.2. The van der Waals surface area contributed by atoms with Gasteiger partial charge in [0, 0.05) is 25.2 Å². The SMILES string of the molecule is CCCCN1CC(C(=O)Nc2ccccc2C)CC1=O. The maximum atomic E-state index is 12.2. The van der Waals surface area contributed by atoms with Crippen LogP contribution in [0, 0.1) is 12.8 Å². The van der Waals surface area contributed by atoms with Gasteiger partial charge in [-0.2, -0.15) is 0 Å². The van der Waals surface area contributed by atoms with Crippen molar-refractivity contribution in [3.05, 3.63) is 29.8 Å². The highest BCUT2D eigenvalue weighted by molar-refractivity contribution is 5.97. The highest BCUT2D eigenvalue weighted by Crippen LogP contribution is 2.21. The van der Waals surface area contributed by atoms with Crippen LogP contribution in [-0.4, -0.2) is 29.8 Å². The molecule has 0 aliphatic carbocycles. The van der Waals surface area contributed by atoms with E-state index in [-0.39, 0.29) is 17.7 Å². The summed E-state index contributed by atoms with van der Waals surface area (Å²) >= 11 is 0. The maximum absolute atomic E-state index is 12.2. The third-order valence-electron chi connectivity index (χ3n) is 3.77. The molecule has 0 saturated carbocycles. The van der Waals surface area contributed by atoms with E-state index in [1.807, 2.05) is 36.1 Å². The zero-order chi connectivity index (χ0) is 14.5. The average molecular weight is 274 g/mol.